The Balaban J connectivity index is 1.78. The van der Waals surface area contributed by atoms with Gasteiger partial charge < -0.3 is 27.2 Å². The van der Waals surface area contributed by atoms with Crippen molar-refractivity contribution in [2.24, 2.45) is 0 Å². The van der Waals surface area contributed by atoms with Crippen LogP contribution in [0.15, 0.2) is 43.7 Å². The Morgan fingerprint density at radius 3 is 1.25 bits per heavy atom. The van der Waals surface area contributed by atoms with Gasteiger partial charge in [-0.05, 0) is 72.5 Å². The molecule has 0 bridgehead atoms. The molecule has 64 heavy (non-hydrogen) atoms. The van der Waals surface area contributed by atoms with Gasteiger partial charge in [0.2, 0.25) is 0 Å². The highest BCUT2D eigenvalue weighted by Gasteiger charge is 2.58. The molecule has 4 heterocycles. The van der Waals surface area contributed by atoms with Crippen LogP contribution in [0.1, 0.15) is 95.5 Å². The first-order chi connectivity index (χ1) is 28.8. The van der Waals surface area contributed by atoms with Crippen LogP contribution in [-0.2, 0) is 40.8 Å². The van der Waals surface area contributed by atoms with E-state index in [0.29, 0.717) is 0 Å². The summed E-state index contributed by atoms with van der Waals surface area (Å²) in [5.74, 6) is 0. The second-order valence-corrected chi connectivity index (χ2v) is 43.3. The molecule has 0 aromatic carbocycles. The maximum atomic E-state index is 14.4. The summed E-state index contributed by atoms with van der Waals surface area (Å²) in [5, 5.41) is -0.930. The number of aromatic nitrogens is 4. The number of hydrogen-bond donors (Lipinski definition) is 2. The van der Waals surface area contributed by atoms with E-state index in [2.05, 4.69) is 145 Å². The number of rotatable bonds is 16. The Labute approximate surface area is 384 Å². The third kappa shape index (κ3) is 12.4. The Morgan fingerprint density at radius 2 is 0.891 bits per heavy atom. The van der Waals surface area contributed by atoms with Gasteiger partial charge in [0.05, 0.1) is 6.61 Å². The Morgan fingerprint density at radius 1 is 0.547 bits per heavy atom. The highest BCUT2D eigenvalue weighted by molar-refractivity contribution is 7.33. The fourth-order valence-corrected chi connectivity index (χ4v) is 11.9. The predicted octanol–water partition coefficient (Wildman–Crippen LogP) is 8.13. The third-order valence-corrected chi connectivity index (χ3v) is 33.2. The zero-order chi connectivity index (χ0) is 49.0. The van der Waals surface area contributed by atoms with Crippen LogP contribution >= 0.6 is 8.25 Å². The van der Waals surface area contributed by atoms with Crippen LogP contribution in [0.5, 0.6) is 0 Å². The van der Waals surface area contributed by atoms with Crippen molar-refractivity contribution in [1.29, 1.82) is 0 Å². The first-order valence-electron chi connectivity index (χ1n) is 22.2. The van der Waals surface area contributed by atoms with Gasteiger partial charge in [-0.3, -0.25) is 28.7 Å². The summed E-state index contributed by atoms with van der Waals surface area (Å²) in [6.45, 7) is 41.7. The molecular formula is C42H78N4O13PSi4+. The molecule has 2 saturated heterocycles. The van der Waals surface area contributed by atoms with E-state index >= 15 is 0 Å². The van der Waals surface area contributed by atoms with Crippen LogP contribution < -0.4 is 22.5 Å². The van der Waals surface area contributed by atoms with Crippen LogP contribution in [0, 0.1) is 0 Å². The molecular weight excluding hydrogens is 912 g/mol. The van der Waals surface area contributed by atoms with Crippen molar-refractivity contribution in [2.45, 2.75) is 205 Å². The van der Waals surface area contributed by atoms with Crippen molar-refractivity contribution in [1.82, 2.24) is 19.1 Å². The van der Waals surface area contributed by atoms with Gasteiger partial charge >= 0.3 is 19.6 Å². The van der Waals surface area contributed by atoms with E-state index < -0.39 is 113 Å². The van der Waals surface area contributed by atoms with Gasteiger partial charge in [-0.25, -0.2) is 9.59 Å². The van der Waals surface area contributed by atoms with Crippen molar-refractivity contribution in [3.63, 3.8) is 0 Å². The minimum Gasteiger partial charge on any atom is -0.414 e. The second kappa shape index (κ2) is 19.2. The second-order valence-electron chi connectivity index (χ2n) is 23.4. The number of ether oxygens (including phenoxy) is 2. The zero-order valence-electron chi connectivity index (χ0n) is 42.0. The average Bonchev–Trinajstić information content (AvgIpc) is 3.59. The van der Waals surface area contributed by atoms with Gasteiger partial charge in [0.15, 0.2) is 51.8 Å². The van der Waals surface area contributed by atoms with E-state index in [1.165, 1.54) is 33.7 Å². The van der Waals surface area contributed by atoms with Gasteiger partial charge in [0.25, 0.3) is 11.1 Å². The molecule has 0 radical (unpaired) electrons. The molecule has 0 saturated carbocycles. The van der Waals surface area contributed by atoms with Gasteiger partial charge in [0.1, 0.15) is 37.1 Å². The minimum atomic E-state index is -2.96. The maximum Gasteiger partial charge on any atom is 0.697 e. The molecule has 2 aromatic heterocycles. The summed E-state index contributed by atoms with van der Waals surface area (Å²) in [7, 11) is -13.2. The first kappa shape index (κ1) is 54.6. The fourth-order valence-electron chi connectivity index (χ4n) is 6.23. The molecule has 0 spiro atoms. The van der Waals surface area contributed by atoms with E-state index in [1.807, 2.05) is 0 Å². The molecule has 2 aliphatic heterocycles. The van der Waals surface area contributed by atoms with Gasteiger partial charge in [-0.1, -0.05) is 83.1 Å². The molecule has 4 rings (SSSR count). The Hall–Kier alpha value is -1.99. The van der Waals surface area contributed by atoms with Gasteiger partial charge in [-0.2, -0.15) is 0 Å². The van der Waals surface area contributed by atoms with E-state index in [-0.39, 0.29) is 33.4 Å². The summed E-state index contributed by atoms with van der Waals surface area (Å²) < 4.78 is 70.7. The lowest BCUT2D eigenvalue weighted by atomic mass is 10.1. The molecule has 364 valence electrons. The molecule has 2 fully saturated rings. The Kier molecular flexibility index (Phi) is 16.4. The van der Waals surface area contributed by atoms with Crippen LogP contribution in [0.25, 0.3) is 0 Å². The van der Waals surface area contributed by atoms with Gasteiger partial charge in [0, 0.05) is 29.1 Å². The quantitative estimate of drug-likeness (QED) is 0.121. The Bertz CT molecular complexity index is 2200. The van der Waals surface area contributed by atoms with Crippen molar-refractivity contribution in [3.8, 4) is 0 Å². The van der Waals surface area contributed by atoms with Crippen molar-refractivity contribution >= 4 is 41.5 Å². The third-order valence-electron chi connectivity index (χ3n) is 14.5. The summed E-state index contributed by atoms with van der Waals surface area (Å²) >= 11 is 0. The lowest BCUT2D eigenvalue weighted by Gasteiger charge is -2.44. The van der Waals surface area contributed by atoms with E-state index in [0.717, 1.165) is 0 Å². The van der Waals surface area contributed by atoms with Gasteiger partial charge in [-0.15, -0.1) is 9.05 Å². The SMILES string of the molecule is CC(C)(C)[Si](C)(C)OC[C@H]1O[C@@H](n2ccc(=O)[nH]c2=O)[C@H](O[Si](C)(C)C(C)(C)C)[C@@H]1O[P+](=O)OC[C@H]1O[C@@H](n2ccc(=O)[nH]c2=O)[C@H](O[Si](C)(C)C(C)(C)C)[C@@H]1O[Si](C)(C)C(C)(C)C. The molecule has 17 nitrogen and oxygen atoms in total. The summed E-state index contributed by atoms with van der Waals surface area (Å²) in [6.07, 6.45) is -4.89. The average molecular weight is 990 g/mol. The van der Waals surface area contributed by atoms with Crippen molar-refractivity contribution in [2.75, 3.05) is 13.2 Å². The standard InChI is InChI=1S/C42H77N4O13PSi4/c1-39(2,3)61(13,14)53-26-28-31(33(58-63(17,18)41(7,8)9)35(55-28)45-23-21-29(47)43-37(45)49)56-60(51)52-25-27-32(57-62(15,16)40(4,5)6)34(59-64(19,20)42(10,11)12)36(54-27)46-24-22-30(48)44-38(46)50/h21-24,27-28,31-36H,25-26H2,1-20H3,(H-,43,44,47,48,49,50)/p+1/t27-,28-,31-,32-,33-,34-,35-,36-/m1/s1. The topological polar surface area (TPSA) is 201 Å². The molecule has 2 N–H and O–H groups in total. The van der Waals surface area contributed by atoms with E-state index in [9.17, 15) is 23.7 Å². The molecule has 1 unspecified atom stereocenters. The highest BCUT2D eigenvalue weighted by Crippen LogP contribution is 2.48. The molecule has 0 amide bonds. The molecule has 22 heteroatoms. The molecule has 9 atom stereocenters. The summed E-state index contributed by atoms with van der Waals surface area (Å²) in [4.78, 5) is 55.8. The molecule has 2 aromatic rings. The van der Waals surface area contributed by atoms with Crippen LogP contribution in [0.3, 0.4) is 0 Å². The lowest BCUT2D eigenvalue weighted by molar-refractivity contribution is -0.0542. The highest BCUT2D eigenvalue weighted by atomic mass is 31.1. The fraction of sp³-hybridized carbons (Fsp3) is 0.810. The largest absolute Gasteiger partial charge is 0.697 e. The molecule has 2 aliphatic rings. The number of H-pyrrole nitrogens is 2. The number of nitrogens with zero attached hydrogens (tertiary/aromatic N) is 2. The molecule has 0 aliphatic carbocycles. The zero-order valence-corrected chi connectivity index (χ0v) is 46.9. The summed E-state index contributed by atoms with van der Waals surface area (Å²) in [5.41, 5.74) is -2.52. The van der Waals surface area contributed by atoms with Crippen LogP contribution in [0.4, 0.5) is 0 Å². The predicted molar refractivity (Wildman–Crippen MR) is 258 cm³/mol. The van der Waals surface area contributed by atoms with E-state index in [1.54, 1.807) is 0 Å². The minimum absolute atomic E-state index is 0.0343. The smallest absolute Gasteiger partial charge is 0.414 e. The van der Waals surface area contributed by atoms with Crippen molar-refractivity contribution < 1.29 is 40.8 Å². The van der Waals surface area contributed by atoms with Crippen LogP contribution in [0.2, 0.25) is 72.5 Å². The van der Waals surface area contributed by atoms with Crippen molar-refractivity contribution in [3.05, 3.63) is 66.2 Å². The van der Waals surface area contributed by atoms with Crippen LogP contribution in [-0.4, -0.2) is 102 Å². The maximum absolute atomic E-state index is 14.4. The number of aromatic amines is 2. The normalized spacial score (nSPS) is 25.8. The first-order valence-corrected chi connectivity index (χ1v) is 34.9. The van der Waals surface area contributed by atoms with E-state index in [4.69, 9.17) is 36.2 Å². The number of nitrogens with one attached hydrogen (secondary N) is 2. The lowest BCUT2D eigenvalue weighted by Crippen LogP contribution is -2.54. The summed E-state index contributed by atoms with van der Waals surface area (Å²) in [6, 6.07) is 2.48. The monoisotopic (exact) mass is 989 g/mol. The number of hydrogen-bond acceptors (Lipinski definition) is 13.